The van der Waals surface area contributed by atoms with Crippen molar-refractivity contribution < 1.29 is 8.78 Å². The first kappa shape index (κ1) is 13.1. The van der Waals surface area contributed by atoms with Crippen molar-refractivity contribution in [1.82, 2.24) is 0 Å². The number of rotatable bonds is 2. The monoisotopic (exact) mass is 258 g/mol. The largest absolute Gasteiger partial charge is 0.207 e. The van der Waals surface area contributed by atoms with Crippen LogP contribution in [0.15, 0.2) is 48.5 Å². The van der Waals surface area contributed by atoms with Crippen molar-refractivity contribution in [2.24, 2.45) is 0 Å². The number of hydrogen-bond acceptors (Lipinski definition) is 0. The van der Waals surface area contributed by atoms with E-state index in [1.165, 1.54) is 24.3 Å². The maximum atomic E-state index is 12.9. The Bertz CT molecular complexity index is 431. The average molecular weight is 259 g/mol. The molecule has 0 saturated carbocycles. The van der Waals surface area contributed by atoms with Crippen LogP contribution in [0, 0.1) is 11.6 Å². The van der Waals surface area contributed by atoms with Crippen LogP contribution in [0.2, 0.25) is 0 Å². The molecule has 0 heterocycles. The van der Waals surface area contributed by atoms with Gasteiger partial charge < -0.3 is 0 Å². The lowest BCUT2D eigenvalue weighted by molar-refractivity contribution is 0.629. The van der Waals surface area contributed by atoms with Crippen molar-refractivity contribution in [1.29, 1.82) is 0 Å². The van der Waals surface area contributed by atoms with E-state index < -0.39 is 0 Å². The predicted molar refractivity (Wildman–Crippen MR) is 67.6 cm³/mol. The quantitative estimate of drug-likeness (QED) is 0.727. The molecule has 4 heteroatoms. The molecular formula is C12H10ClF2P. The molecule has 0 N–H and O–H groups in total. The molecule has 0 aliphatic rings. The zero-order chi connectivity index (χ0) is 10.7. The lowest BCUT2D eigenvalue weighted by Crippen LogP contribution is -2.04. The van der Waals surface area contributed by atoms with Crippen LogP contribution < -0.4 is 10.6 Å². The summed E-state index contributed by atoms with van der Waals surface area (Å²) in [6.45, 7) is 0. The molecule has 0 aliphatic carbocycles. The summed E-state index contributed by atoms with van der Waals surface area (Å²) in [5.74, 6) is -0.507. The van der Waals surface area contributed by atoms with Crippen LogP contribution in [0.25, 0.3) is 0 Å². The van der Waals surface area contributed by atoms with E-state index in [1.807, 2.05) is 12.1 Å². The molecule has 2 aromatic rings. The average Bonchev–Trinajstić information content (AvgIpc) is 2.17. The maximum absolute atomic E-state index is 12.9. The molecule has 0 unspecified atom stereocenters. The van der Waals surface area contributed by atoms with E-state index in [9.17, 15) is 8.78 Å². The highest BCUT2D eigenvalue weighted by Gasteiger charge is 1.98. The van der Waals surface area contributed by atoms with Gasteiger partial charge in [-0.25, -0.2) is 8.78 Å². The van der Waals surface area contributed by atoms with Crippen molar-refractivity contribution in [2.75, 3.05) is 0 Å². The molecule has 0 saturated heterocycles. The molecule has 0 spiro atoms. The minimum Gasteiger partial charge on any atom is -0.207 e. The van der Waals surface area contributed by atoms with Crippen LogP contribution in [-0.4, -0.2) is 0 Å². The second-order valence-corrected chi connectivity index (χ2v) is 4.55. The van der Waals surface area contributed by atoms with E-state index in [-0.39, 0.29) is 32.6 Å². The van der Waals surface area contributed by atoms with Gasteiger partial charge in [-0.2, -0.15) is 0 Å². The second kappa shape index (κ2) is 5.93. The van der Waals surface area contributed by atoms with E-state index in [0.717, 1.165) is 10.6 Å². The van der Waals surface area contributed by atoms with E-state index in [4.69, 9.17) is 0 Å². The summed E-state index contributed by atoms with van der Waals surface area (Å²) in [4.78, 5) is 0. The Balaban J connectivity index is 0.00000128. The summed E-state index contributed by atoms with van der Waals surface area (Å²) in [5, 5.41) is 1.75. The number of hydrogen-bond donors (Lipinski definition) is 0. The molecule has 0 nitrogen and oxygen atoms in total. The molecule has 2 aromatic carbocycles. The molecule has 84 valence electrons. The fraction of sp³-hybridized carbons (Fsp3) is 0. The summed E-state index contributed by atoms with van der Waals surface area (Å²) in [6, 6.07) is 12.8. The van der Waals surface area contributed by atoms with E-state index >= 15 is 0 Å². The molecule has 2 rings (SSSR count). The third-order valence-electron chi connectivity index (χ3n) is 1.94. The van der Waals surface area contributed by atoms with Crippen molar-refractivity contribution in [2.45, 2.75) is 0 Å². The first-order valence-corrected chi connectivity index (χ1v) is 5.52. The zero-order valence-corrected chi connectivity index (χ0v) is 10.1. The third-order valence-corrected chi connectivity index (χ3v) is 3.14. The Morgan fingerprint density at radius 3 is 1.56 bits per heavy atom. The van der Waals surface area contributed by atoms with Gasteiger partial charge in [0.15, 0.2) is 0 Å². The van der Waals surface area contributed by atoms with Crippen molar-refractivity contribution >= 4 is 31.6 Å². The SMILES string of the molecule is Cl.Fc1cccc(Pc2cccc(F)c2)c1. The first-order valence-electron chi connectivity index (χ1n) is 4.52. The van der Waals surface area contributed by atoms with Gasteiger partial charge in [0.2, 0.25) is 0 Å². The molecule has 0 radical (unpaired) electrons. The highest BCUT2D eigenvalue weighted by molar-refractivity contribution is 7.55. The van der Waals surface area contributed by atoms with Crippen molar-refractivity contribution in [3.8, 4) is 0 Å². The van der Waals surface area contributed by atoms with Crippen molar-refractivity contribution in [3.63, 3.8) is 0 Å². The number of halogens is 3. The lowest BCUT2D eigenvalue weighted by Gasteiger charge is -2.02. The van der Waals surface area contributed by atoms with Gasteiger partial charge in [0.25, 0.3) is 0 Å². The molecule has 0 amide bonds. The lowest BCUT2D eigenvalue weighted by atomic mass is 10.3. The van der Waals surface area contributed by atoms with Crippen LogP contribution >= 0.6 is 21.0 Å². The van der Waals surface area contributed by atoms with E-state index in [1.54, 1.807) is 12.1 Å². The third kappa shape index (κ3) is 3.55. The van der Waals surface area contributed by atoms with Gasteiger partial charge in [0.05, 0.1) is 0 Å². The van der Waals surface area contributed by atoms with Crippen LogP contribution in [0.3, 0.4) is 0 Å². The summed E-state index contributed by atoms with van der Waals surface area (Å²) >= 11 is 0. The Labute approximate surface area is 101 Å². The van der Waals surface area contributed by atoms with Gasteiger partial charge in [-0.05, 0) is 34.9 Å². The Morgan fingerprint density at radius 2 is 1.19 bits per heavy atom. The summed E-state index contributed by atoms with van der Waals surface area (Å²) in [7, 11) is 0.290. The molecule has 16 heavy (non-hydrogen) atoms. The highest BCUT2D eigenvalue weighted by atomic mass is 35.5. The normalized spacial score (nSPS) is 9.62. The van der Waals surface area contributed by atoms with Gasteiger partial charge in [-0.1, -0.05) is 32.8 Å². The van der Waals surface area contributed by atoms with Crippen LogP contribution in [-0.2, 0) is 0 Å². The van der Waals surface area contributed by atoms with E-state index in [2.05, 4.69) is 0 Å². The Morgan fingerprint density at radius 1 is 0.750 bits per heavy atom. The highest BCUT2D eigenvalue weighted by Crippen LogP contribution is 2.11. The van der Waals surface area contributed by atoms with Gasteiger partial charge in [-0.15, -0.1) is 12.4 Å². The minimum absolute atomic E-state index is 0. The number of benzene rings is 2. The van der Waals surface area contributed by atoms with Crippen molar-refractivity contribution in [3.05, 3.63) is 60.2 Å². The smallest absolute Gasteiger partial charge is 0.123 e. The van der Waals surface area contributed by atoms with Gasteiger partial charge in [-0.3, -0.25) is 0 Å². The summed E-state index contributed by atoms with van der Waals surface area (Å²) in [6.07, 6.45) is 0. The van der Waals surface area contributed by atoms with Gasteiger partial charge in [0.1, 0.15) is 11.6 Å². The Hall–Kier alpha value is -0.980. The standard InChI is InChI=1S/C12H9F2P.ClH/c13-9-3-1-5-11(7-9)15-12-6-2-4-10(14)8-12;/h1-8,15H;1H. The predicted octanol–water partition coefficient (Wildman–Crippen LogP) is 3.02. The first-order chi connectivity index (χ1) is 7.24. The second-order valence-electron chi connectivity index (χ2n) is 3.15. The minimum atomic E-state index is -0.253. The van der Waals surface area contributed by atoms with Crippen LogP contribution in [0.4, 0.5) is 8.78 Å². The van der Waals surface area contributed by atoms with E-state index in [0.29, 0.717) is 0 Å². The molecule has 0 aromatic heterocycles. The molecule has 0 fully saturated rings. The maximum Gasteiger partial charge on any atom is 0.123 e. The topological polar surface area (TPSA) is 0 Å². The van der Waals surface area contributed by atoms with Gasteiger partial charge in [0, 0.05) is 0 Å². The molecular weight excluding hydrogens is 249 g/mol. The Kier molecular flexibility index (Phi) is 4.85. The van der Waals surface area contributed by atoms with Gasteiger partial charge >= 0.3 is 0 Å². The fourth-order valence-electron chi connectivity index (χ4n) is 1.30. The zero-order valence-electron chi connectivity index (χ0n) is 8.28. The summed E-state index contributed by atoms with van der Waals surface area (Å²) < 4.78 is 25.8. The van der Waals surface area contributed by atoms with Crippen LogP contribution in [0.5, 0.6) is 0 Å². The fourth-order valence-corrected chi connectivity index (χ4v) is 2.41. The molecule has 0 aliphatic heterocycles. The molecule has 0 bridgehead atoms. The van der Waals surface area contributed by atoms with Crippen LogP contribution in [0.1, 0.15) is 0 Å². The molecule has 0 atom stereocenters. The summed E-state index contributed by atoms with van der Waals surface area (Å²) in [5.41, 5.74) is 0.